The highest BCUT2D eigenvalue weighted by Crippen LogP contribution is 2.23. The van der Waals surface area contributed by atoms with Crippen LogP contribution in [0.3, 0.4) is 0 Å². The SMILES string of the molecule is CC(C)CN(NC(=O)C(C)(C)c1ccccc1)c1ccnc(C#N)n1. The predicted octanol–water partition coefficient (Wildman–Crippen LogP) is 2.82. The molecule has 1 aromatic carbocycles. The lowest BCUT2D eigenvalue weighted by molar-refractivity contribution is -0.125. The topological polar surface area (TPSA) is 81.9 Å². The lowest BCUT2D eigenvalue weighted by Gasteiger charge is -2.31. The fourth-order valence-corrected chi connectivity index (χ4v) is 2.36. The molecule has 0 aliphatic heterocycles. The largest absolute Gasteiger partial charge is 0.272 e. The molecule has 0 unspecified atom stereocenters. The molecular formula is C19H23N5O. The number of nitrogens with one attached hydrogen (secondary N) is 1. The van der Waals surface area contributed by atoms with Crippen LogP contribution in [0, 0.1) is 17.2 Å². The lowest BCUT2D eigenvalue weighted by Crippen LogP contribution is -2.51. The smallest absolute Gasteiger partial charge is 0.248 e. The Balaban J connectivity index is 2.27. The summed E-state index contributed by atoms with van der Waals surface area (Å²) in [5.74, 6) is 0.720. The number of benzene rings is 1. The number of amides is 1. The number of nitriles is 1. The monoisotopic (exact) mass is 337 g/mol. The Morgan fingerprint density at radius 2 is 1.96 bits per heavy atom. The van der Waals surface area contributed by atoms with E-state index in [1.165, 1.54) is 6.20 Å². The number of hydrazine groups is 1. The van der Waals surface area contributed by atoms with Gasteiger partial charge >= 0.3 is 0 Å². The number of rotatable bonds is 6. The van der Waals surface area contributed by atoms with Gasteiger partial charge in [0.25, 0.3) is 0 Å². The van der Waals surface area contributed by atoms with Gasteiger partial charge in [-0.3, -0.25) is 15.2 Å². The molecule has 6 nitrogen and oxygen atoms in total. The first-order chi connectivity index (χ1) is 11.8. The molecule has 0 atom stereocenters. The molecule has 25 heavy (non-hydrogen) atoms. The first-order valence-electron chi connectivity index (χ1n) is 8.22. The molecule has 0 fully saturated rings. The Morgan fingerprint density at radius 1 is 1.28 bits per heavy atom. The molecule has 0 spiro atoms. The van der Waals surface area contributed by atoms with Crippen molar-refractivity contribution in [1.82, 2.24) is 15.4 Å². The molecule has 1 N–H and O–H groups in total. The van der Waals surface area contributed by atoms with Gasteiger partial charge in [-0.15, -0.1) is 0 Å². The van der Waals surface area contributed by atoms with Gasteiger partial charge in [0.1, 0.15) is 6.07 Å². The predicted molar refractivity (Wildman–Crippen MR) is 96.5 cm³/mol. The van der Waals surface area contributed by atoms with Crippen LogP contribution >= 0.6 is 0 Å². The molecule has 0 saturated carbocycles. The molecule has 1 heterocycles. The van der Waals surface area contributed by atoms with Crippen molar-refractivity contribution in [3.8, 4) is 6.07 Å². The van der Waals surface area contributed by atoms with Crippen molar-refractivity contribution in [3.63, 3.8) is 0 Å². The van der Waals surface area contributed by atoms with Gasteiger partial charge in [0, 0.05) is 18.8 Å². The van der Waals surface area contributed by atoms with E-state index in [1.807, 2.05) is 64.1 Å². The van der Waals surface area contributed by atoms with E-state index in [2.05, 4.69) is 15.4 Å². The Kier molecular flexibility index (Phi) is 5.71. The second-order valence-electron chi connectivity index (χ2n) is 6.79. The van der Waals surface area contributed by atoms with Crippen molar-refractivity contribution < 1.29 is 4.79 Å². The molecule has 0 saturated heterocycles. The summed E-state index contributed by atoms with van der Waals surface area (Å²) in [4.78, 5) is 21.0. The average Bonchev–Trinajstić information content (AvgIpc) is 2.61. The van der Waals surface area contributed by atoms with Crippen LogP contribution < -0.4 is 10.4 Å². The van der Waals surface area contributed by atoms with Gasteiger partial charge in [-0.05, 0) is 25.3 Å². The molecule has 2 aromatic rings. The third-order valence-corrected chi connectivity index (χ3v) is 3.86. The van der Waals surface area contributed by atoms with Crippen molar-refractivity contribution in [2.75, 3.05) is 11.6 Å². The molecule has 1 aromatic heterocycles. The van der Waals surface area contributed by atoms with Gasteiger partial charge in [0.05, 0.1) is 5.41 Å². The maximum absolute atomic E-state index is 12.9. The summed E-state index contributed by atoms with van der Waals surface area (Å²) in [5.41, 5.74) is 3.17. The molecule has 1 amide bonds. The lowest BCUT2D eigenvalue weighted by atomic mass is 9.84. The third kappa shape index (κ3) is 4.54. The fourth-order valence-electron chi connectivity index (χ4n) is 2.36. The second kappa shape index (κ2) is 7.75. The van der Waals surface area contributed by atoms with E-state index >= 15 is 0 Å². The van der Waals surface area contributed by atoms with E-state index in [0.717, 1.165) is 5.56 Å². The number of hydrogen-bond acceptors (Lipinski definition) is 5. The molecule has 0 bridgehead atoms. The Labute approximate surface area is 148 Å². The fraction of sp³-hybridized carbons (Fsp3) is 0.368. The van der Waals surface area contributed by atoms with Crippen LogP contribution in [0.2, 0.25) is 0 Å². The van der Waals surface area contributed by atoms with Gasteiger partial charge in [-0.1, -0.05) is 44.2 Å². The normalized spacial score (nSPS) is 11.0. The van der Waals surface area contributed by atoms with E-state index in [4.69, 9.17) is 5.26 Å². The maximum atomic E-state index is 12.9. The number of nitrogens with zero attached hydrogens (tertiary/aromatic N) is 4. The van der Waals surface area contributed by atoms with Crippen molar-refractivity contribution in [3.05, 3.63) is 54.0 Å². The van der Waals surface area contributed by atoms with Crippen LogP contribution in [0.4, 0.5) is 5.82 Å². The third-order valence-electron chi connectivity index (χ3n) is 3.86. The minimum atomic E-state index is -0.707. The maximum Gasteiger partial charge on any atom is 0.248 e. The summed E-state index contributed by atoms with van der Waals surface area (Å²) < 4.78 is 0. The van der Waals surface area contributed by atoms with Crippen LogP contribution in [0.25, 0.3) is 0 Å². The standard InChI is InChI=1S/C19H23N5O/c1-14(2)13-24(17-10-11-21-16(12-20)22-17)23-18(25)19(3,4)15-8-6-5-7-9-15/h5-11,14H,13H2,1-4H3,(H,23,25). The average molecular weight is 337 g/mol. The molecule has 6 heteroatoms. The van der Waals surface area contributed by atoms with Gasteiger partial charge in [-0.25, -0.2) is 4.98 Å². The van der Waals surface area contributed by atoms with Crippen LogP contribution in [0.1, 0.15) is 39.1 Å². The zero-order valence-corrected chi connectivity index (χ0v) is 15.0. The van der Waals surface area contributed by atoms with Crippen LogP contribution in [0.5, 0.6) is 0 Å². The molecule has 0 aliphatic carbocycles. The summed E-state index contributed by atoms with van der Waals surface area (Å²) in [7, 11) is 0. The molecular weight excluding hydrogens is 314 g/mol. The van der Waals surface area contributed by atoms with Gasteiger partial charge in [0.2, 0.25) is 11.7 Å². The highest BCUT2D eigenvalue weighted by molar-refractivity contribution is 5.88. The number of carbonyl (C=O) groups is 1. The van der Waals surface area contributed by atoms with Crippen LogP contribution in [-0.2, 0) is 10.2 Å². The Morgan fingerprint density at radius 3 is 2.56 bits per heavy atom. The van der Waals surface area contributed by atoms with Crippen molar-refractivity contribution >= 4 is 11.7 Å². The minimum Gasteiger partial charge on any atom is -0.272 e. The van der Waals surface area contributed by atoms with Gasteiger partial charge in [-0.2, -0.15) is 10.2 Å². The second-order valence-corrected chi connectivity index (χ2v) is 6.79. The number of carbonyl (C=O) groups excluding carboxylic acids is 1. The highest BCUT2D eigenvalue weighted by atomic mass is 16.2. The molecule has 0 aliphatic rings. The van der Waals surface area contributed by atoms with E-state index in [9.17, 15) is 4.79 Å². The molecule has 0 radical (unpaired) electrons. The zero-order valence-electron chi connectivity index (χ0n) is 15.0. The first kappa shape index (κ1) is 18.4. The van der Waals surface area contributed by atoms with E-state index in [0.29, 0.717) is 18.3 Å². The Bertz CT molecular complexity index is 765. The number of aromatic nitrogens is 2. The summed E-state index contributed by atoms with van der Waals surface area (Å²) in [6.45, 7) is 8.43. The van der Waals surface area contributed by atoms with Crippen molar-refractivity contribution in [1.29, 1.82) is 5.26 Å². The van der Waals surface area contributed by atoms with Crippen LogP contribution in [-0.4, -0.2) is 22.4 Å². The highest BCUT2D eigenvalue weighted by Gasteiger charge is 2.31. The van der Waals surface area contributed by atoms with E-state index in [1.54, 1.807) is 11.1 Å². The zero-order chi connectivity index (χ0) is 18.4. The minimum absolute atomic E-state index is 0.0721. The number of hydrogen-bond donors (Lipinski definition) is 1. The molecule has 2 rings (SSSR count). The van der Waals surface area contributed by atoms with Crippen molar-refractivity contribution in [2.45, 2.75) is 33.1 Å². The summed E-state index contributed by atoms with van der Waals surface area (Å²) in [5, 5.41) is 10.7. The summed E-state index contributed by atoms with van der Waals surface area (Å²) >= 11 is 0. The van der Waals surface area contributed by atoms with E-state index in [-0.39, 0.29) is 11.7 Å². The van der Waals surface area contributed by atoms with Crippen molar-refractivity contribution in [2.24, 2.45) is 5.92 Å². The quantitative estimate of drug-likeness (QED) is 0.820. The summed E-state index contributed by atoms with van der Waals surface area (Å²) in [6, 6.07) is 13.2. The Hall–Kier alpha value is -2.94. The van der Waals surface area contributed by atoms with Crippen LogP contribution in [0.15, 0.2) is 42.6 Å². The molecule has 130 valence electrons. The summed E-state index contributed by atoms with van der Waals surface area (Å²) in [6.07, 6.45) is 1.52. The first-order valence-corrected chi connectivity index (χ1v) is 8.22. The van der Waals surface area contributed by atoms with E-state index < -0.39 is 5.41 Å². The van der Waals surface area contributed by atoms with Gasteiger partial charge in [0.15, 0.2) is 5.82 Å². The number of anilines is 1. The van der Waals surface area contributed by atoms with Gasteiger partial charge < -0.3 is 0 Å².